The number of hydrogen-bond acceptors (Lipinski definition) is 1. The molecule has 0 aliphatic carbocycles. The van der Waals surface area contributed by atoms with Crippen molar-refractivity contribution in [3.05, 3.63) is 24.8 Å². The van der Waals surface area contributed by atoms with E-state index in [4.69, 9.17) is 0 Å². The third kappa shape index (κ3) is 1.20. The van der Waals surface area contributed by atoms with Gasteiger partial charge in [0.25, 0.3) is 0 Å². The molecule has 0 fully saturated rings. The van der Waals surface area contributed by atoms with Crippen LogP contribution in [0.4, 0.5) is 0 Å². The van der Waals surface area contributed by atoms with Gasteiger partial charge in [0.2, 0.25) is 0 Å². The van der Waals surface area contributed by atoms with Gasteiger partial charge >= 0.3 is 0 Å². The average molecular weight is 109 g/mol. The Morgan fingerprint density at radius 3 is 2.62 bits per heavy atom. The summed E-state index contributed by atoms with van der Waals surface area (Å²) in [5.74, 6) is 0. The molecule has 0 aromatic rings. The quantitative estimate of drug-likeness (QED) is 0.479. The predicted molar refractivity (Wildman–Crippen MR) is 35.8 cm³/mol. The van der Waals surface area contributed by atoms with Gasteiger partial charge in [-0.25, -0.2) is 0 Å². The molecular weight excluding hydrogens is 98.1 g/mol. The lowest BCUT2D eigenvalue weighted by Crippen LogP contribution is -2.19. The van der Waals surface area contributed by atoms with E-state index < -0.39 is 0 Å². The first kappa shape index (κ1) is 5.57. The molecule has 1 rings (SSSR count). The van der Waals surface area contributed by atoms with Gasteiger partial charge in [-0.3, -0.25) is 4.90 Å². The first-order valence-corrected chi connectivity index (χ1v) is 2.92. The van der Waals surface area contributed by atoms with Crippen LogP contribution < -0.4 is 0 Å². The van der Waals surface area contributed by atoms with E-state index in [0.717, 1.165) is 19.6 Å². The highest BCUT2D eigenvalue weighted by Gasteiger charge is 2.00. The van der Waals surface area contributed by atoms with Gasteiger partial charge in [-0.1, -0.05) is 18.2 Å². The van der Waals surface area contributed by atoms with Crippen LogP contribution in [0.25, 0.3) is 0 Å². The van der Waals surface area contributed by atoms with Gasteiger partial charge in [-0.2, -0.15) is 0 Å². The van der Waals surface area contributed by atoms with E-state index in [1.165, 1.54) is 0 Å². The molecule has 8 heavy (non-hydrogen) atoms. The summed E-state index contributed by atoms with van der Waals surface area (Å²) in [6.07, 6.45) is 6.31. The van der Waals surface area contributed by atoms with Crippen molar-refractivity contribution in [2.45, 2.75) is 0 Å². The highest BCUT2D eigenvalue weighted by molar-refractivity contribution is 4.96. The SMILES string of the molecule is C=CCN1CC=CC1. The van der Waals surface area contributed by atoms with Crippen molar-refractivity contribution >= 4 is 0 Å². The van der Waals surface area contributed by atoms with E-state index >= 15 is 0 Å². The normalized spacial score (nSPS) is 19.5. The van der Waals surface area contributed by atoms with Gasteiger partial charge in [-0.05, 0) is 0 Å². The summed E-state index contributed by atoms with van der Waals surface area (Å²) in [5.41, 5.74) is 0. The van der Waals surface area contributed by atoms with Gasteiger partial charge in [0.15, 0.2) is 0 Å². The van der Waals surface area contributed by atoms with Gasteiger partial charge in [-0.15, -0.1) is 6.58 Å². The van der Waals surface area contributed by atoms with Crippen LogP contribution in [0, 0.1) is 0 Å². The molecule has 0 N–H and O–H groups in total. The Morgan fingerprint density at radius 2 is 2.12 bits per heavy atom. The second kappa shape index (κ2) is 2.68. The Hall–Kier alpha value is -0.560. The fourth-order valence-electron chi connectivity index (χ4n) is 0.853. The Kier molecular flexibility index (Phi) is 1.86. The standard InChI is InChI=1S/C7H11N/c1-2-5-8-6-3-4-7-8/h2-4H,1,5-7H2. The minimum Gasteiger partial charge on any atom is -0.292 e. The van der Waals surface area contributed by atoms with Crippen LogP contribution in [0.5, 0.6) is 0 Å². The fourth-order valence-corrected chi connectivity index (χ4v) is 0.853. The smallest absolute Gasteiger partial charge is 0.0170 e. The van der Waals surface area contributed by atoms with Crippen LogP contribution in [0.3, 0.4) is 0 Å². The molecule has 1 aliphatic heterocycles. The number of hydrogen-bond donors (Lipinski definition) is 0. The summed E-state index contributed by atoms with van der Waals surface area (Å²) in [4.78, 5) is 2.31. The van der Waals surface area contributed by atoms with E-state index in [-0.39, 0.29) is 0 Å². The Bertz CT molecular complexity index is 97.0. The van der Waals surface area contributed by atoms with Crippen LogP contribution in [0.1, 0.15) is 0 Å². The van der Waals surface area contributed by atoms with E-state index in [2.05, 4.69) is 23.6 Å². The van der Waals surface area contributed by atoms with Crippen molar-refractivity contribution in [2.24, 2.45) is 0 Å². The summed E-state index contributed by atoms with van der Waals surface area (Å²) in [7, 11) is 0. The van der Waals surface area contributed by atoms with Crippen LogP contribution in [0.2, 0.25) is 0 Å². The minimum absolute atomic E-state index is 1.02. The third-order valence-electron chi connectivity index (χ3n) is 1.28. The van der Waals surface area contributed by atoms with Crippen molar-refractivity contribution < 1.29 is 0 Å². The van der Waals surface area contributed by atoms with Gasteiger partial charge in [0.05, 0.1) is 0 Å². The fraction of sp³-hybridized carbons (Fsp3) is 0.429. The van der Waals surface area contributed by atoms with Crippen molar-refractivity contribution in [3.8, 4) is 0 Å². The number of nitrogens with zero attached hydrogens (tertiary/aromatic N) is 1. The molecule has 0 radical (unpaired) electrons. The highest BCUT2D eigenvalue weighted by atomic mass is 15.1. The lowest BCUT2D eigenvalue weighted by atomic mass is 10.5. The average Bonchev–Trinajstić information content (AvgIpc) is 2.19. The molecule has 1 heteroatoms. The molecule has 0 atom stereocenters. The van der Waals surface area contributed by atoms with E-state index in [9.17, 15) is 0 Å². The predicted octanol–water partition coefficient (Wildman–Crippen LogP) is 1.04. The summed E-state index contributed by atoms with van der Waals surface area (Å²) in [5, 5.41) is 0. The maximum Gasteiger partial charge on any atom is 0.0170 e. The molecule has 1 nitrogen and oxygen atoms in total. The van der Waals surface area contributed by atoms with E-state index in [0.29, 0.717) is 0 Å². The summed E-state index contributed by atoms with van der Waals surface area (Å²) < 4.78 is 0. The Labute approximate surface area is 50.3 Å². The maximum atomic E-state index is 3.65. The molecule has 0 aromatic carbocycles. The third-order valence-corrected chi connectivity index (χ3v) is 1.28. The van der Waals surface area contributed by atoms with Crippen LogP contribution in [-0.4, -0.2) is 24.5 Å². The zero-order chi connectivity index (χ0) is 5.82. The van der Waals surface area contributed by atoms with Crippen LogP contribution in [0.15, 0.2) is 24.8 Å². The molecule has 0 spiro atoms. The largest absolute Gasteiger partial charge is 0.292 e. The molecule has 44 valence electrons. The van der Waals surface area contributed by atoms with Crippen molar-refractivity contribution in [3.63, 3.8) is 0 Å². The topological polar surface area (TPSA) is 3.24 Å². The summed E-state index contributed by atoms with van der Waals surface area (Å²) in [6, 6.07) is 0. The van der Waals surface area contributed by atoms with Gasteiger partial charge in [0.1, 0.15) is 0 Å². The van der Waals surface area contributed by atoms with Crippen LogP contribution in [-0.2, 0) is 0 Å². The second-order valence-corrected chi connectivity index (χ2v) is 1.98. The van der Waals surface area contributed by atoms with Gasteiger partial charge in [0, 0.05) is 19.6 Å². The van der Waals surface area contributed by atoms with Gasteiger partial charge < -0.3 is 0 Å². The molecule has 0 unspecified atom stereocenters. The molecule has 0 saturated heterocycles. The monoisotopic (exact) mass is 109 g/mol. The van der Waals surface area contributed by atoms with Crippen molar-refractivity contribution in [1.29, 1.82) is 0 Å². The summed E-state index contributed by atoms with van der Waals surface area (Å²) in [6.45, 7) is 6.88. The van der Waals surface area contributed by atoms with E-state index in [1.807, 2.05) is 6.08 Å². The molecular formula is C7H11N. The minimum atomic E-state index is 1.02. The summed E-state index contributed by atoms with van der Waals surface area (Å²) >= 11 is 0. The zero-order valence-corrected chi connectivity index (χ0v) is 5.01. The molecule has 1 aliphatic rings. The maximum absolute atomic E-state index is 3.65. The Morgan fingerprint density at radius 1 is 1.50 bits per heavy atom. The molecule has 0 bridgehead atoms. The Balaban J connectivity index is 2.19. The lowest BCUT2D eigenvalue weighted by molar-refractivity contribution is 0.393. The lowest BCUT2D eigenvalue weighted by Gasteiger charge is -2.09. The van der Waals surface area contributed by atoms with Crippen LogP contribution >= 0.6 is 0 Å². The molecule has 0 saturated carbocycles. The van der Waals surface area contributed by atoms with Crippen molar-refractivity contribution in [2.75, 3.05) is 19.6 Å². The molecule has 0 amide bonds. The molecule has 1 heterocycles. The van der Waals surface area contributed by atoms with E-state index in [1.54, 1.807) is 0 Å². The first-order chi connectivity index (χ1) is 3.93. The second-order valence-electron chi connectivity index (χ2n) is 1.98. The first-order valence-electron chi connectivity index (χ1n) is 2.92. The highest BCUT2D eigenvalue weighted by Crippen LogP contribution is 1.96. The molecule has 0 aromatic heterocycles. The zero-order valence-electron chi connectivity index (χ0n) is 5.01. The van der Waals surface area contributed by atoms with Crippen molar-refractivity contribution in [1.82, 2.24) is 4.90 Å². The number of rotatable bonds is 2.